The second-order valence-corrected chi connectivity index (χ2v) is 7.20. The summed E-state index contributed by atoms with van der Waals surface area (Å²) in [5, 5.41) is 19.1. The number of rotatable bonds is 7. The van der Waals surface area contributed by atoms with Gasteiger partial charge in [0, 0.05) is 12.6 Å². The Labute approximate surface area is 146 Å². The van der Waals surface area contributed by atoms with Crippen LogP contribution in [0.5, 0.6) is 0 Å². The van der Waals surface area contributed by atoms with Gasteiger partial charge in [-0.3, -0.25) is 4.90 Å². The van der Waals surface area contributed by atoms with E-state index in [0.717, 1.165) is 32.2 Å². The average Bonchev–Trinajstić information content (AvgIpc) is 2.64. The van der Waals surface area contributed by atoms with E-state index in [1.54, 1.807) is 5.57 Å². The van der Waals surface area contributed by atoms with Gasteiger partial charge < -0.3 is 10.2 Å². The van der Waals surface area contributed by atoms with Gasteiger partial charge in [-0.1, -0.05) is 42.0 Å². The molecule has 2 aliphatic rings. The third-order valence-electron chi connectivity index (χ3n) is 5.80. The molecular formula is C21H31NO2. The van der Waals surface area contributed by atoms with Crippen molar-refractivity contribution in [2.24, 2.45) is 5.92 Å². The minimum Gasteiger partial charge on any atom is -0.396 e. The molecule has 1 saturated heterocycles. The number of hydrogen-bond acceptors (Lipinski definition) is 3. The van der Waals surface area contributed by atoms with E-state index in [1.807, 2.05) is 6.07 Å². The van der Waals surface area contributed by atoms with Gasteiger partial charge in [0.15, 0.2) is 0 Å². The lowest BCUT2D eigenvalue weighted by Crippen LogP contribution is -2.49. The van der Waals surface area contributed by atoms with Crippen LogP contribution >= 0.6 is 0 Å². The molecule has 1 aliphatic heterocycles. The fourth-order valence-corrected chi connectivity index (χ4v) is 4.67. The Hall–Kier alpha value is -1.16. The summed E-state index contributed by atoms with van der Waals surface area (Å²) in [6.45, 7) is 1.58. The molecule has 3 nitrogen and oxygen atoms in total. The summed E-state index contributed by atoms with van der Waals surface area (Å²) in [7, 11) is 0. The quantitative estimate of drug-likeness (QED) is 0.592. The molecule has 0 aromatic heterocycles. The smallest absolute Gasteiger partial charge is 0.0628 e. The lowest BCUT2D eigenvalue weighted by atomic mass is 9.75. The maximum absolute atomic E-state index is 10.1. The Balaban J connectivity index is 1.75. The van der Waals surface area contributed by atoms with Crippen molar-refractivity contribution in [3.05, 3.63) is 47.5 Å². The molecule has 132 valence electrons. The fourth-order valence-electron chi connectivity index (χ4n) is 4.67. The van der Waals surface area contributed by atoms with Crippen molar-refractivity contribution >= 4 is 0 Å². The standard InChI is InChI=1S/C21H31NO2/c23-15-5-4-8-17-11-6-13-20-19(17)12-7-14-22(20)21(16-24)18-9-2-1-3-10-18/h1-3,9-11,19-21,23-24H,4-8,12-16H2/t19-,20-,21-/m0/s1. The lowest BCUT2D eigenvalue weighted by Gasteiger charge is -2.48. The topological polar surface area (TPSA) is 43.7 Å². The highest BCUT2D eigenvalue weighted by atomic mass is 16.3. The summed E-state index contributed by atoms with van der Waals surface area (Å²) >= 11 is 0. The molecule has 1 aromatic rings. The molecular weight excluding hydrogens is 298 g/mol. The van der Waals surface area contributed by atoms with Gasteiger partial charge in [0.25, 0.3) is 0 Å². The van der Waals surface area contributed by atoms with Crippen LogP contribution < -0.4 is 0 Å². The molecule has 0 unspecified atom stereocenters. The van der Waals surface area contributed by atoms with Gasteiger partial charge >= 0.3 is 0 Å². The summed E-state index contributed by atoms with van der Waals surface area (Å²) in [6, 6.07) is 11.2. The fraction of sp³-hybridized carbons (Fsp3) is 0.619. The second-order valence-electron chi connectivity index (χ2n) is 7.20. The minimum absolute atomic E-state index is 0.121. The van der Waals surface area contributed by atoms with Crippen molar-refractivity contribution < 1.29 is 10.2 Å². The van der Waals surface area contributed by atoms with Crippen LogP contribution in [0, 0.1) is 5.92 Å². The van der Waals surface area contributed by atoms with Gasteiger partial charge in [0.1, 0.15) is 0 Å². The third kappa shape index (κ3) is 3.90. The first kappa shape index (κ1) is 17.7. The first-order valence-electron chi connectivity index (χ1n) is 9.56. The normalized spacial score (nSPS) is 25.8. The zero-order chi connectivity index (χ0) is 16.8. The summed E-state index contributed by atoms with van der Waals surface area (Å²) in [4.78, 5) is 2.57. The molecule has 3 heteroatoms. The molecule has 2 N–H and O–H groups in total. The Morgan fingerprint density at radius 2 is 1.92 bits per heavy atom. The predicted octanol–water partition coefficient (Wildman–Crippen LogP) is 3.68. The Kier molecular flexibility index (Phi) is 6.47. The summed E-state index contributed by atoms with van der Waals surface area (Å²) < 4.78 is 0. The van der Waals surface area contributed by atoms with E-state index < -0.39 is 0 Å². The molecule has 0 saturated carbocycles. The van der Waals surface area contributed by atoms with E-state index in [-0.39, 0.29) is 12.6 Å². The van der Waals surface area contributed by atoms with Crippen LogP contribution in [0.1, 0.15) is 56.6 Å². The molecule has 1 fully saturated rings. The van der Waals surface area contributed by atoms with E-state index in [4.69, 9.17) is 5.11 Å². The predicted molar refractivity (Wildman–Crippen MR) is 97.7 cm³/mol. The number of unbranched alkanes of at least 4 members (excludes halogenated alkanes) is 1. The molecule has 1 aliphatic carbocycles. The lowest BCUT2D eigenvalue weighted by molar-refractivity contribution is 0.0254. The summed E-state index contributed by atoms with van der Waals surface area (Å²) in [5.41, 5.74) is 2.84. The summed E-state index contributed by atoms with van der Waals surface area (Å²) in [5.74, 6) is 0.643. The highest BCUT2D eigenvalue weighted by Gasteiger charge is 2.38. The first-order valence-corrected chi connectivity index (χ1v) is 9.56. The molecule has 0 radical (unpaired) electrons. The highest BCUT2D eigenvalue weighted by molar-refractivity contribution is 5.22. The Morgan fingerprint density at radius 3 is 2.67 bits per heavy atom. The Morgan fingerprint density at radius 1 is 1.08 bits per heavy atom. The number of aliphatic hydroxyl groups excluding tert-OH is 2. The molecule has 0 bridgehead atoms. The first-order chi connectivity index (χ1) is 11.8. The maximum Gasteiger partial charge on any atom is 0.0628 e. The van der Waals surface area contributed by atoms with Crippen molar-refractivity contribution in [3.8, 4) is 0 Å². The number of likely N-dealkylation sites (tertiary alicyclic amines) is 1. The molecule has 1 heterocycles. The number of benzene rings is 1. The van der Waals surface area contributed by atoms with E-state index in [1.165, 1.54) is 24.8 Å². The number of allylic oxidation sites excluding steroid dienone is 1. The average molecular weight is 329 g/mol. The zero-order valence-corrected chi connectivity index (χ0v) is 14.6. The van der Waals surface area contributed by atoms with Gasteiger partial charge in [0.2, 0.25) is 0 Å². The SMILES string of the molecule is OCCCCC1=CCC[C@H]2[C@H]1CCCN2[C@@H](CO)c1ccccc1. The van der Waals surface area contributed by atoms with Crippen LogP contribution in [0.4, 0.5) is 0 Å². The van der Waals surface area contributed by atoms with Gasteiger partial charge in [-0.2, -0.15) is 0 Å². The van der Waals surface area contributed by atoms with Gasteiger partial charge in [-0.05, 0) is 63.0 Å². The minimum atomic E-state index is 0.121. The Bertz CT molecular complexity index is 528. The number of hydrogen-bond donors (Lipinski definition) is 2. The molecule has 0 spiro atoms. The number of piperidine rings is 1. The highest BCUT2D eigenvalue weighted by Crippen LogP contribution is 2.41. The van der Waals surface area contributed by atoms with Crippen LogP contribution in [0.25, 0.3) is 0 Å². The number of fused-ring (bicyclic) bond motifs is 1. The van der Waals surface area contributed by atoms with Gasteiger partial charge in [-0.25, -0.2) is 0 Å². The molecule has 1 aromatic carbocycles. The van der Waals surface area contributed by atoms with E-state index in [2.05, 4.69) is 35.2 Å². The van der Waals surface area contributed by atoms with Crippen molar-refractivity contribution in [1.29, 1.82) is 0 Å². The van der Waals surface area contributed by atoms with E-state index in [0.29, 0.717) is 18.6 Å². The van der Waals surface area contributed by atoms with Crippen molar-refractivity contribution in [3.63, 3.8) is 0 Å². The number of aliphatic hydroxyl groups is 2. The number of nitrogens with zero attached hydrogens (tertiary/aromatic N) is 1. The van der Waals surface area contributed by atoms with Gasteiger partial charge in [0.05, 0.1) is 12.6 Å². The molecule has 3 rings (SSSR count). The van der Waals surface area contributed by atoms with Crippen LogP contribution in [0.2, 0.25) is 0 Å². The van der Waals surface area contributed by atoms with Crippen LogP contribution in [0.15, 0.2) is 42.0 Å². The molecule has 3 atom stereocenters. The van der Waals surface area contributed by atoms with Crippen LogP contribution in [-0.4, -0.2) is 40.9 Å². The van der Waals surface area contributed by atoms with Gasteiger partial charge in [-0.15, -0.1) is 0 Å². The van der Waals surface area contributed by atoms with Crippen molar-refractivity contribution in [1.82, 2.24) is 4.90 Å². The van der Waals surface area contributed by atoms with Crippen molar-refractivity contribution in [2.75, 3.05) is 19.8 Å². The third-order valence-corrected chi connectivity index (χ3v) is 5.80. The zero-order valence-electron chi connectivity index (χ0n) is 14.6. The monoisotopic (exact) mass is 329 g/mol. The van der Waals surface area contributed by atoms with Crippen LogP contribution in [-0.2, 0) is 0 Å². The summed E-state index contributed by atoms with van der Waals surface area (Å²) in [6.07, 6.45) is 10.4. The van der Waals surface area contributed by atoms with Crippen LogP contribution in [0.3, 0.4) is 0 Å². The van der Waals surface area contributed by atoms with E-state index in [9.17, 15) is 5.11 Å². The molecule has 24 heavy (non-hydrogen) atoms. The molecule has 0 amide bonds. The second kappa shape index (κ2) is 8.80. The largest absolute Gasteiger partial charge is 0.396 e. The maximum atomic E-state index is 10.1. The van der Waals surface area contributed by atoms with Crippen molar-refractivity contribution in [2.45, 2.75) is 57.0 Å². The van der Waals surface area contributed by atoms with E-state index >= 15 is 0 Å².